The van der Waals surface area contributed by atoms with E-state index in [1.54, 1.807) is 12.3 Å². The average Bonchev–Trinajstić information content (AvgIpc) is 3.53. The van der Waals surface area contributed by atoms with Gasteiger partial charge in [0.05, 0.1) is 12.3 Å². The first-order valence-electron chi connectivity index (χ1n) is 13.6. The van der Waals surface area contributed by atoms with E-state index in [9.17, 15) is 9.50 Å². The van der Waals surface area contributed by atoms with Crippen LogP contribution in [0.3, 0.4) is 0 Å². The van der Waals surface area contributed by atoms with Gasteiger partial charge < -0.3 is 24.6 Å². The van der Waals surface area contributed by atoms with Crippen molar-refractivity contribution in [3.63, 3.8) is 0 Å². The SMILES string of the molecule is Cc1ccc2c(c1)NC[C@@]21CCN(CC(O)C2CCN(c3ncc(-c4cccc(F)c4)o3)CC2)C[C@H]1C. The molecular formula is C30H37FN4O2. The molecule has 2 N–H and O–H groups in total. The number of nitrogens with one attached hydrogen (secondary N) is 1. The van der Waals surface area contributed by atoms with E-state index < -0.39 is 0 Å². The Morgan fingerprint density at radius 2 is 2.03 bits per heavy atom. The zero-order valence-corrected chi connectivity index (χ0v) is 21.8. The molecule has 1 aromatic heterocycles. The Balaban J connectivity index is 1.02. The van der Waals surface area contributed by atoms with Gasteiger partial charge in [0.1, 0.15) is 5.82 Å². The molecule has 0 saturated carbocycles. The highest BCUT2D eigenvalue weighted by molar-refractivity contribution is 5.62. The van der Waals surface area contributed by atoms with Gasteiger partial charge in [0.25, 0.3) is 6.01 Å². The smallest absolute Gasteiger partial charge is 0.297 e. The van der Waals surface area contributed by atoms with E-state index in [1.807, 2.05) is 6.07 Å². The molecule has 3 aromatic rings. The van der Waals surface area contributed by atoms with Crippen LogP contribution in [0.25, 0.3) is 11.3 Å². The molecule has 6 rings (SSSR count). The number of aromatic nitrogens is 1. The van der Waals surface area contributed by atoms with E-state index in [1.165, 1.54) is 28.9 Å². The zero-order chi connectivity index (χ0) is 25.6. The van der Waals surface area contributed by atoms with Crippen LogP contribution in [-0.2, 0) is 5.41 Å². The van der Waals surface area contributed by atoms with Crippen molar-refractivity contribution >= 4 is 11.7 Å². The lowest BCUT2D eigenvalue weighted by Crippen LogP contribution is -2.52. The van der Waals surface area contributed by atoms with Gasteiger partial charge in [-0.2, -0.15) is 0 Å². The molecule has 4 heterocycles. The maximum atomic E-state index is 13.6. The predicted octanol–water partition coefficient (Wildman–Crippen LogP) is 5.07. The molecule has 0 amide bonds. The molecule has 7 heteroatoms. The summed E-state index contributed by atoms with van der Waals surface area (Å²) in [6, 6.07) is 13.8. The van der Waals surface area contributed by atoms with Gasteiger partial charge >= 0.3 is 0 Å². The summed E-state index contributed by atoms with van der Waals surface area (Å²) in [5.74, 6) is 1.09. The van der Waals surface area contributed by atoms with Crippen molar-refractivity contribution in [2.24, 2.45) is 11.8 Å². The zero-order valence-electron chi connectivity index (χ0n) is 21.8. The third-order valence-corrected chi connectivity index (χ3v) is 9.06. The maximum absolute atomic E-state index is 13.6. The summed E-state index contributed by atoms with van der Waals surface area (Å²) in [4.78, 5) is 9.04. The number of nitrogens with zero attached hydrogens (tertiary/aromatic N) is 3. The second-order valence-electron chi connectivity index (χ2n) is 11.4. The van der Waals surface area contributed by atoms with E-state index in [0.717, 1.165) is 58.5 Å². The Hall–Kier alpha value is -2.90. The Morgan fingerprint density at radius 1 is 1.19 bits per heavy atom. The molecule has 3 aliphatic heterocycles. The third-order valence-electron chi connectivity index (χ3n) is 9.06. The predicted molar refractivity (Wildman–Crippen MR) is 144 cm³/mol. The normalized spacial score (nSPS) is 25.3. The van der Waals surface area contributed by atoms with Crippen LogP contribution in [0.2, 0.25) is 0 Å². The highest BCUT2D eigenvalue weighted by Gasteiger charge is 2.46. The lowest BCUT2D eigenvalue weighted by molar-refractivity contribution is 0.0242. The lowest BCUT2D eigenvalue weighted by Gasteiger charge is -2.46. The number of oxazole rings is 1. The molecule has 37 heavy (non-hydrogen) atoms. The fourth-order valence-corrected chi connectivity index (χ4v) is 6.75. The number of hydrogen-bond donors (Lipinski definition) is 2. The first-order chi connectivity index (χ1) is 17.9. The van der Waals surface area contributed by atoms with Gasteiger partial charge in [0.2, 0.25) is 0 Å². The Morgan fingerprint density at radius 3 is 2.81 bits per heavy atom. The van der Waals surface area contributed by atoms with E-state index in [-0.39, 0.29) is 23.3 Å². The van der Waals surface area contributed by atoms with Gasteiger partial charge in [-0.3, -0.25) is 0 Å². The van der Waals surface area contributed by atoms with Crippen LogP contribution >= 0.6 is 0 Å². The largest absolute Gasteiger partial charge is 0.423 e. The standard InChI is InChI=1S/C30H37FN4O2/c1-20-6-7-25-26(14-20)33-19-30(25)10-13-34(17-21(30)2)18-27(36)22-8-11-35(12-9-22)29-32-16-28(37-29)23-4-3-5-24(31)15-23/h3-7,14-16,21-22,27,33,36H,8-13,17-19H2,1-2H3/t21-,27?,30-/m1/s1. The van der Waals surface area contributed by atoms with Crippen molar-refractivity contribution < 1.29 is 13.9 Å². The fraction of sp³-hybridized carbons (Fsp3) is 0.500. The van der Waals surface area contributed by atoms with Crippen molar-refractivity contribution in [3.8, 4) is 11.3 Å². The monoisotopic (exact) mass is 504 g/mol. The molecule has 3 aliphatic rings. The number of rotatable bonds is 5. The number of halogens is 1. The molecular weight excluding hydrogens is 467 g/mol. The number of β-amino-alcohol motifs (C(OH)–C–C–N with tert-alkyl or cyclic N) is 1. The molecule has 0 radical (unpaired) electrons. The number of fused-ring (bicyclic) bond motifs is 2. The van der Waals surface area contributed by atoms with E-state index in [2.05, 4.69) is 52.1 Å². The number of aryl methyl sites for hydroxylation is 1. The minimum Gasteiger partial charge on any atom is -0.423 e. The summed E-state index contributed by atoms with van der Waals surface area (Å²) in [6.45, 7) is 9.92. The van der Waals surface area contributed by atoms with E-state index in [0.29, 0.717) is 23.3 Å². The first kappa shape index (κ1) is 24.4. The minimum absolute atomic E-state index is 0.205. The van der Waals surface area contributed by atoms with Crippen LogP contribution in [-0.4, -0.2) is 60.4 Å². The Kier molecular flexibility index (Phi) is 6.45. The Labute approximate surface area is 218 Å². The molecule has 2 aromatic carbocycles. The van der Waals surface area contributed by atoms with Crippen LogP contribution in [0.4, 0.5) is 16.1 Å². The Bertz CT molecular complexity index is 1250. The van der Waals surface area contributed by atoms with Crippen LogP contribution in [0.15, 0.2) is 53.1 Å². The molecule has 1 spiro atoms. The number of aliphatic hydroxyl groups excluding tert-OH is 1. The highest BCUT2D eigenvalue weighted by atomic mass is 19.1. The lowest BCUT2D eigenvalue weighted by atomic mass is 9.67. The fourth-order valence-electron chi connectivity index (χ4n) is 6.75. The highest BCUT2D eigenvalue weighted by Crippen LogP contribution is 2.47. The number of hydrogen-bond acceptors (Lipinski definition) is 6. The average molecular weight is 505 g/mol. The second kappa shape index (κ2) is 9.76. The van der Waals surface area contributed by atoms with Crippen molar-refractivity contribution in [1.82, 2.24) is 9.88 Å². The van der Waals surface area contributed by atoms with Gasteiger partial charge in [-0.05, 0) is 73.9 Å². The van der Waals surface area contributed by atoms with Crippen molar-refractivity contribution in [1.29, 1.82) is 0 Å². The van der Waals surface area contributed by atoms with Crippen molar-refractivity contribution in [2.75, 3.05) is 49.5 Å². The van der Waals surface area contributed by atoms with Crippen LogP contribution in [0, 0.1) is 24.6 Å². The minimum atomic E-state index is -0.326. The van der Waals surface area contributed by atoms with Crippen molar-refractivity contribution in [2.45, 2.75) is 44.6 Å². The molecule has 0 bridgehead atoms. The topological polar surface area (TPSA) is 64.8 Å². The number of aliphatic hydroxyl groups is 1. The quantitative estimate of drug-likeness (QED) is 0.506. The van der Waals surface area contributed by atoms with Crippen LogP contribution < -0.4 is 10.2 Å². The van der Waals surface area contributed by atoms with E-state index >= 15 is 0 Å². The molecule has 0 aliphatic carbocycles. The summed E-state index contributed by atoms with van der Waals surface area (Å²) in [5, 5.41) is 14.8. The van der Waals surface area contributed by atoms with Gasteiger partial charge in [0, 0.05) is 49.4 Å². The number of anilines is 2. The summed E-state index contributed by atoms with van der Waals surface area (Å²) in [6.07, 6.45) is 4.27. The molecule has 3 atom stereocenters. The number of benzene rings is 2. The molecule has 1 unspecified atom stereocenters. The maximum Gasteiger partial charge on any atom is 0.297 e. The molecule has 6 nitrogen and oxygen atoms in total. The number of likely N-dealkylation sites (tertiary alicyclic amines) is 1. The summed E-state index contributed by atoms with van der Waals surface area (Å²) < 4.78 is 19.5. The van der Waals surface area contributed by atoms with Crippen molar-refractivity contribution in [3.05, 3.63) is 65.6 Å². The first-order valence-corrected chi connectivity index (χ1v) is 13.6. The second-order valence-corrected chi connectivity index (χ2v) is 11.4. The molecule has 2 saturated heterocycles. The van der Waals surface area contributed by atoms with Crippen LogP contribution in [0.5, 0.6) is 0 Å². The molecule has 2 fully saturated rings. The summed E-state index contributed by atoms with van der Waals surface area (Å²) in [7, 11) is 0. The molecule has 196 valence electrons. The summed E-state index contributed by atoms with van der Waals surface area (Å²) >= 11 is 0. The van der Waals surface area contributed by atoms with Gasteiger partial charge in [-0.25, -0.2) is 9.37 Å². The van der Waals surface area contributed by atoms with Gasteiger partial charge in [0.15, 0.2) is 5.76 Å². The van der Waals surface area contributed by atoms with Gasteiger partial charge in [-0.15, -0.1) is 0 Å². The number of piperidine rings is 2. The van der Waals surface area contributed by atoms with Gasteiger partial charge in [-0.1, -0.05) is 31.2 Å². The van der Waals surface area contributed by atoms with Crippen LogP contribution in [0.1, 0.15) is 37.3 Å². The summed E-state index contributed by atoms with van der Waals surface area (Å²) in [5.41, 5.74) is 4.98. The third kappa shape index (κ3) is 4.64. The van der Waals surface area contributed by atoms with E-state index in [4.69, 9.17) is 4.42 Å².